The normalized spacial score (nSPS) is 10.6. The van der Waals surface area contributed by atoms with E-state index in [2.05, 4.69) is 10.3 Å². The topological polar surface area (TPSA) is 92.5 Å². The Hall–Kier alpha value is -3.22. The van der Waals surface area contributed by atoms with Crippen LogP contribution in [0.3, 0.4) is 0 Å². The van der Waals surface area contributed by atoms with Gasteiger partial charge in [-0.1, -0.05) is 63.9 Å². The Morgan fingerprint density at radius 3 is 1.70 bits per heavy atom. The molecule has 30 heavy (non-hydrogen) atoms. The number of aryl methyl sites for hydroxylation is 4. The third kappa shape index (κ3) is 4.67. The fourth-order valence-electron chi connectivity index (χ4n) is 3.11. The summed E-state index contributed by atoms with van der Waals surface area (Å²) in [6.07, 6.45) is 0. The van der Waals surface area contributed by atoms with Crippen LogP contribution in [0.2, 0.25) is 0 Å². The maximum Gasteiger partial charge on any atom is 0.139 e. The van der Waals surface area contributed by atoms with Crippen molar-refractivity contribution >= 4 is 0 Å². The van der Waals surface area contributed by atoms with Gasteiger partial charge in [0.1, 0.15) is 22.9 Å². The van der Waals surface area contributed by atoms with Crippen LogP contribution in [0.25, 0.3) is 22.5 Å². The highest BCUT2D eigenvalue weighted by Gasteiger charge is 2.14. The van der Waals surface area contributed by atoms with Crippen LogP contribution in [0.1, 0.15) is 33.8 Å². The average molecular weight is 406 g/mol. The monoisotopic (exact) mass is 406 g/mol. The number of hydrogen-bond donors (Lipinski definition) is 2. The molecule has 0 radical (unpaired) electrons. The van der Waals surface area contributed by atoms with E-state index in [0.29, 0.717) is 11.5 Å². The highest BCUT2D eigenvalue weighted by Crippen LogP contribution is 2.26. The van der Waals surface area contributed by atoms with E-state index < -0.39 is 0 Å². The molecule has 6 nitrogen and oxygen atoms in total. The lowest BCUT2D eigenvalue weighted by atomic mass is 10.0. The zero-order valence-electron chi connectivity index (χ0n) is 17.6. The molecule has 2 N–H and O–H groups in total. The van der Waals surface area contributed by atoms with Crippen molar-refractivity contribution in [2.75, 3.05) is 0 Å². The van der Waals surface area contributed by atoms with Gasteiger partial charge >= 0.3 is 0 Å². The zero-order chi connectivity index (χ0) is 21.7. The molecule has 0 bridgehead atoms. The molecule has 0 amide bonds. The second kappa shape index (κ2) is 9.52. The molecule has 4 rings (SSSR count). The van der Waals surface area contributed by atoms with Crippen molar-refractivity contribution in [3.63, 3.8) is 0 Å². The zero-order valence-corrected chi connectivity index (χ0v) is 17.6. The van der Waals surface area contributed by atoms with Crippen LogP contribution >= 0.6 is 0 Å². The second-order valence-corrected chi connectivity index (χ2v) is 7.18. The average Bonchev–Trinajstić information content (AvgIpc) is 3.31. The Morgan fingerprint density at radius 2 is 1.20 bits per heavy atom. The molecule has 0 unspecified atom stereocenters. The van der Waals surface area contributed by atoms with Crippen molar-refractivity contribution in [2.24, 2.45) is 0 Å². The molecule has 0 spiro atoms. The Morgan fingerprint density at radius 1 is 0.667 bits per heavy atom. The summed E-state index contributed by atoms with van der Waals surface area (Å²) in [6.45, 7) is 7.57. The maximum atomic E-state index is 9.22. The van der Waals surface area contributed by atoms with E-state index in [0.717, 1.165) is 39.2 Å². The minimum absolute atomic E-state index is 0.0430. The predicted octanol–water partition coefficient (Wildman–Crippen LogP) is 4.90. The van der Waals surface area contributed by atoms with Crippen molar-refractivity contribution in [2.45, 2.75) is 40.9 Å². The number of benzene rings is 2. The number of aromatic nitrogens is 2. The van der Waals surface area contributed by atoms with Crippen molar-refractivity contribution in [1.29, 1.82) is 0 Å². The van der Waals surface area contributed by atoms with Gasteiger partial charge in [-0.3, -0.25) is 0 Å². The third-order valence-corrected chi connectivity index (χ3v) is 4.90. The Balaban J connectivity index is 0.000000171. The molecule has 4 aromatic rings. The van der Waals surface area contributed by atoms with Crippen molar-refractivity contribution in [3.8, 4) is 22.5 Å². The number of aliphatic hydroxyl groups is 2. The molecule has 0 saturated heterocycles. The second-order valence-electron chi connectivity index (χ2n) is 7.18. The highest BCUT2D eigenvalue weighted by molar-refractivity contribution is 5.64. The molecule has 2 aromatic heterocycles. The van der Waals surface area contributed by atoms with E-state index in [1.807, 2.05) is 62.4 Å². The summed E-state index contributed by atoms with van der Waals surface area (Å²) < 4.78 is 10.1. The van der Waals surface area contributed by atoms with E-state index in [1.54, 1.807) is 13.8 Å². The summed E-state index contributed by atoms with van der Waals surface area (Å²) >= 11 is 0. The van der Waals surface area contributed by atoms with Crippen molar-refractivity contribution in [1.82, 2.24) is 10.3 Å². The van der Waals surface area contributed by atoms with Crippen LogP contribution in [0.15, 0.2) is 57.6 Å². The minimum Gasteiger partial charge on any atom is -0.391 e. The summed E-state index contributed by atoms with van der Waals surface area (Å²) in [5.41, 5.74) is 7.31. The molecule has 0 atom stereocenters. The van der Waals surface area contributed by atoms with Crippen LogP contribution in [-0.4, -0.2) is 20.5 Å². The molecule has 0 saturated carbocycles. The van der Waals surface area contributed by atoms with Gasteiger partial charge in [0, 0.05) is 22.3 Å². The first kappa shape index (κ1) is 21.5. The Labute approximate surface area is 175 Å². The molecule has 0 fully saturated rings. The molecule has 0 aliphatic rings. The first-order valence-electron chi connectivity index (χ1n) is 9.70. The lowest BCUT2D eigenvalue weighted by Gasteiger charge is -2.00. The van der Waals surface area contributed by atoms with Crippen LogP contribution in [0, 0.1) is 27.7 Å². The standard InChI is InChI=1S/2C12H13NO2/c1-8-3-5-10(6-4-8)12-11(7-14)9(2)15-13-12;1-8-4-3-5-10(6-8)12-11(7-14)9(2)15-13-12/h2*3-6,14H,7H2,1-2H3. The van der Waals surface area contributed by atoms with Crippen LogP contribution in [0.4, 0.5) is 0 Å². The molecule has 6 heteroatoms. The molecule has 2 heterocycles. The van der Waals surface area contributed by atoms with Gasteiger partial charge in [0.05, 0.1) is 13.2 Å². The van der Waals surface area contributed by atoms with Gasteiger partial charge in [0.25, 0.3) is 0 Å². The molecular formula is C24H26N2O4. The van der Waals surface area contributed by atoms with Crippen LogP contribution < -0.4 is 0 Å². The third-order valence-electron chi connectivity index (χ3n) is 4.90. The molecule has 0 aliphatic carbocycles. The van der Waals surface area contributed by atoms with E-state index >= 15 is 0 Å². The fraction of sp³-hybridized carbons (Fsp3) is 0.250. The molecule has 2 aromatic carbocycles. The van der Waals surface area contributed by atoms with Gasteiger partial charge in [0.15, 0.2) is 0 Å². The number of hydrogen-bond acceptors (Lipinski definition) is 6. The number of rotatable bonds is 4. The quantitative estimate of drug-likeness (QED) is 0.501. The Bertz CT molecular complexity index is 1110. The molecule has 0 aliphatic heterocycles. The van der Waals surface area contributed by atoms with Gasteiger partial charge in [-0.2, -0.15) is 0 Å². The lowest BCUT2D eigenvalue weighted by Crippen LogP contribution is -1.88. The summed E-state index contributed by atoms with van der Waals surface area (Å²) in [7, 11) is 0. The van der Waals surface area contributed by atoms with E-state index in [-0.39, 0.29) is 13.2 Å². The van der Waals surface area contributed by atoms with E-state index in [1.165, 1.54) is 5.56 Å². The van der Waals surface area contributed by atoms with Gasteiger partial charge in [-0.25, -0.2) is 0 Å². The minimum atomic E-state index is -0.0431. The molecule has 156 valence electrons. The first-order valence-corrected chi connectivity index (χ1v) is 9.70. The summed E-state index contributed by atoms with van der Waals surface area (Å²) in [6, 6.07) is 16.0. The summed E-state index contributed by atoms with van der Waals surface area (Å²) in [5.74, 6) is 1.35. The van der Waals surface area contributed by atoms with Crippen molar-refractivity contribution < 1.29 is 19.3 Å². The lowest BCUT2D eigenvalue weighted by molar-refractivity contribution is 0.278. The summed E-state index contributed by atoms with van der Waals surface area (Å²) in [4.78, 5) is 0. The van der Waals surface area contributed by atoms with Crippen molar-refractivity contribution in [3.05, 3.63) is 82.3 Å². The Kier molecular flexibility index (Phi) is 6.82. The fourth-order valence-corrected chi connectivity index (χ4v) is 3.11. The summed E-state index contributed by atoms with van der Waals surface area (Å²) in [5, 5.41) is 26.3. The predicted molar refractivity (Wildman–Crippen MR) is 115 cm³/mol. The smallest absolute Gasteiger partial charge is 0.139 e. The SMILES string of the molecule is Cc1ccc(-c2noc(C)c2CO)cc1.Cc1cccc(-c2noc(C)c2CO)c1. The number of aliphatic hydroxyl groups excluding tert-OH is 2. The van der Waals surface area contributed by atoms with Gasteiger partial charge in [-0.05, 0) is 33.8 Å². The van der Waals surface area contributed by atoms with Gasteiger partial charge in [-0.15, -0.1) is 0 Å². The maximum absolute atomic E-state index is 9.22. The number of nitrogens with zero attached hydrogens (tertiary/aromatic N) is 2. The van der Waals surface area contributed by atoms with Gasteiger partial charge < -0.3 is 19.3 Å². The highest BCUT2D eigenvalue weighted by atomic mass is 16.5. The first-order chi connectivity index (χ1) is 14.4. The largest absolute Gasteiger partial charge is 0.391 e. The van der Waals surface area contributed by atoms with Crippen LogP contribution in [0.5, 0.6) is 0 Å². The van der Waals surface area contributed by atoms with Gasteiger partial charge in [0.2, 0.25) is 0 Å². The molecular weight excluding hydrogens is 380 g/mol. The van der Waals surface area contributed by atoms with E-state index in [4.69, 9.17) is 9.05 Å². The van der Waals surface area contributed by atoms with Crippen LogP contribution in [-0.2, 0) is 13.2 Å². The van der Waals surface area contributed by atoms with E-state index in [9.17, 15) is 10.2 Å².